The highest BCUT2D eigenvalue weighted by Crippen LogP contribution is 2.05. The fraction of sp³-hybridized carbons (Fsp3) is 0.167. The molecule has 2 nitrogen and oxygen atoms in total. The van der Waals surface area contributed by atoms with Crippen LogP contribution in [0.15, 0.2) is 18.5 Å². The van der Waals surface area contributed by atoms with Gasteiger partial charge in [0.2, 0.25) is 0 Å². The van der Waals surface area contributed by atoms with Gasteiger partial charge in [-0.3, -0.25) is 0 Å². The van der Waals surface area contributed by atoms with Crippen LogP contribution < -0.4 is 4.73 Å². The highest BCUT2D eigenvalue weighted by atomic mass is 127. The number of aryl methyl sites for hydroxylation is 1. The average molecular weight is 235 g/mol. The van der Waals surface area contributed by atoms with Crippen molar-refractivity contribution in [1.29, 1.82) is 0 Å². The van der Waals surface area contributed by atoms with Crippen molar-refractivity contribution >= 4 is 22.6 Å². The summed E-state index contributed by atoms with van der Waals surface area (Å²) in [5.41, 5.74) is 1.02. The number of halogens is 1. The molecular formula is C6H6INO. The minimum Gasteiger partial charge on any atom is -0.619 e. The van der Waals surface area contributed by atoms with Gasteiger partial charge in [-0.2, -0.15) is 4.73 Å². The predicted octanol–water partition coefficient (Wildman–Crippen LogP) is 1.23. The van der Waals surface area contributed by atoms with Crippen LogP contribution in [0.2, 0.25) is 0 Å². The van der Waals surface area contributed by atoms with Gasteiger partial charge in [-0.25, -0.2) is 0 Å². The van der Waals surface area contributed by atoms with E-state index >= 15 is 0 Å². The van der Waals surface area contributed by atoms with E-state index in [9.17, 15) is 5.21 Å². The van der Waals surface area contributed by atoms with E-state index < -0.39 is 0 Å². The Morgan fingerprint density at radius 3 is 2.78 bits per heavy atom. The van der Waals surface area contributed by atoms with E-state index in [0.29, 0.717) is 0 Å². The third-order valence-corrected chi connectivity index (χ3v) is 2.28. The van der Waals surface area contributed by atoms with Crippen LogP contribution >= 0.6 is 22.6 Å². The van der Waals surface area contributed by atoms with E-state index in [1.54, 1.807) is 12.3 Å². The molecule has 0 N–H and O–H groups in total. The molecule has 9 heavy (non-hydrogen) atoms. The lowest BCUT2D eigenvalue weighted by Gasteiger charge is -1.96. The molecule has 1 aromatic heterocycles. The minimum atomic E-state index is 0.803. The molecule has 0 radical (unpaired) electrons. The molecule has 0 amide bonds. The highest BCUT2D eigenvalue weighted by molar-refractivity contribution is 14.1. The second kappa shape index (κ2) is 2.51. The molecule has 0 atom stereocenters. The van der Waals surface area contributed by atoms with Crippen LogP contribution in [0.25, 0.3) is 0 Å². The first-order valence-electron chi connectivity index (χ1n) is 2.55. The Balaban J connectivity index is 3.17. The normalized spacial score (nSPS) is 9.56. The van der Waals surface area contributed by atoms with E-state index in [1.165, 1.54) is 6.20 Å². The van der Waals surface area contributed by atoms with Gasteiger partial charge in [0.25, 0.3) is 0 Å². The maximum absolute atomic E-state index is 10.6. The van der Waals surface area contributed by atoms with Crippen LogP contribution in [-0.4, -0.2) is 0 Å². The largest absolute Gasteiger partial charge is 0.619 e. The summed E-state index contributed by atoms with van der Waals surface area (Å²) < 4.78 is 1.93. The Kier molecular flexibility index (Phi) is 1.90. The summed E-state index contributed by atoms with van der Waals surface area (Å²) in [6.07, 6.45) is 3.05. The molecule has 0 spiro atoms. The molecule has 0 aromatic carbocycles. The Hall–Kier alpha value is -0.320. The molecule has 1 heterocycles. The topological polar surface area (TPSA) is 26.9 Å². The maximum Gasteiger partial charge on any atom is 0.184 e. The van der Waals surface area contributed by atoms with Crippen LogP contribution in [0.4, 0.5) is 0 Å². The third-order valence-electron chi connectivity index (χ3n) is 1.07. The van der Waals surface area contributed by atoms with Crippen LogP contribution in [0.1, 0.15) is 5.56 Å². The third kappa shape index (κ3) is 1.54. The fourth-order valence-electron chi connectivity index (χ4n) is 0.566. The zero-order chi connectivity index (χ0) is 6.85. The highest BCUT2D eigenvalue weighted by Gasteiger charge is 1.95. The van der Waals surface area contributed by atoms with E-state index in [2.05, 4.69) is 22.6 Å². The van der Waals surface area contributed by atoms with Gasteiger partial charge in [-0.05, 0) is 29.5 Å². The summed E-state index contributed by atoms with van der Waals surface area (Å²) in [4.78, 5) is 0. The standard InChI is InChI=1S/C6H6INO/c1-5-4-8(9)3-2-6(5)7/h2-4H,1H3. The zero-order valence-electron chi connectivity index (χ0n) is 4.97. The van der Waals surface area contributed by atoms with Gasteiger partial charge >= 0.3 is 0 Å². The monoisotopic (exact) mass is 235 g/mol. The first kappa shape index (κ1) is 6.80. The SMILES string of the molecule is Cc1c[n+]([O-])ccc1I. The van der Waals surface area contributed by atoms with E-state index in [1.807, 2.05) is 6.92 Å². The molecule has 48 valence electrons. The van der Waals surface area contributed by atoms with Crippen molar-refractivity contribution in [3.8, 4) is 0 Å². The number of hydrogen-bond donors (Lipinski definition) is 0. The molecule has 0 fully saturated rings. The van der Waals surface area contributed by atoms with Crippen LogP contribution in [0, 0.1) is 15.7 Å². The summed E-state index contributed by atoms with van der Waals surface area (Å²) in [7, 11) is 0. The van der Waals surface area contributed by atoms with Gasteiger partial charge in [0.1, 0.15) is 0 Å². The van der Waals surface area contributed by atoms with Gasteiger partial charge < -0.3 is 5.21 Å². The van der Waals surface area contributed by atoms with Crippen molar-refractivity contribution < 1.29 is 4.73 Å². The maximum atomic E-state index is 10.6. The number of nitrogens with zero attached hydrogens (tertiary/aromatic N) is 1. The lowest BCUT2D eigenvalue weighted by Crippen LogP contribution is -2.24. The first-order chi connectivity index (χ1) is 4.20. The molecule has 1 rings (SSSR count). The molecule has 0 aliphatic heterocycles. The molecule has 0 saturated carbocycles. The van der Waals surface area contributed by atoms with Crippen molar-refractivity contribution in [2.45, 2.75) is 6.92 Å². The van der Waals surface area contributed by atoms with E-state index in [-0.39, 0.29) is 0 Å². The minimum absolute atomic E-state index is 0.803. The second-order valence-electron chi connectivity index (χ2n) is 1.84. The fourth-order valence-corrected chi connectivity index (χ4v) is 0.866. The van der Waals surface area contributed by atoms with Gasteiger partial charge in [-0.15, -0.1) is 0 Å². The Labute approximate surface area is 67.2 Å². The molecule has 0 saturated heterocycles. The van der Waals surface area contributed by atoms with Crippen molar-refractivity contribution in [3.63, 3.8) is 0 Å². The van der Waals surface area contributed by atoms with E-state index in [4.69, 9.17) is 0 Å². The Bertz CT molecular complexity index is 224. The lowest BCUT2D eigenvalue weighted by atomic mass is 10.3. The molecule has 0 bridgehead atoms. The zero-order valence-corrected chi connectivity index (χ0v) is 7.12. The Morgan fingerprint density at radius 2 is 2.33 bits per heavy atom. The molecule has 1 aromatic rings. The van der Waals surface area contributed by atoms with Crippen LogP contribution in [0.3, 0.4) is 0 Å². The Morgan fingerprint density at radius 1 is 1.67 bits per heavy atom. The molecule has 0 unspecified atom stereocenters. The smallest absolute Gasteiger partial charge is 0.184 e. The summed E-state index contributed by atoms with van der Waals surface area (Å²) in [5.74, 6) is 0. The summed E-state index contributed by atoms with van der Waals surface area (Å²) >= 11 is 2.19. The van der Waals surface area contributed by atoms with Gasteiger partial charge in [0, 0.05) is 15.2 Å². The lowest BCUT2D eigenvalue weighted by molar-refractivity contribution is -0.605. The molecular weight excluding hydrogens is 229 g/mol. The molecule has 0 aliphatic rings. The van der Waals surface area contributed by atoms with Gasteiger partial charge in [-0.1, -0.05) is 0 Å². The molecule has 0 aliphatic carbocycles. The average Bonchev–Trinajstić information content (AvgIpc) is 1.80. The van der Waals surface area contributed by atoms with Crippen molar-refractivity contribution in [2.24, 2.45) is 0 Å². The van der Waals surface area contributed by atoms with Gasteiger partial charge in [0.05, 0.1) is 0 Å². The number of aromatic nitrogens is 1. The number of pyridine rings is 1. The van der Waals surface area contributed by atoms with Crippen molar-refractivity contribution in [3.05, 3.63) is 32.8 Å². The summed E-state index contributed by atoms with van der Waals surface area (Å²) in [5, 5.41) is 10.6. The van der Waals surface area contributed by atoms with Crippen LogP contribution in [-0.2, 0) is 0 Å². The first-order valence-corrected chi connectivity index (χ1v) is 3.63. The van der Waals surface area contributed by atoms with Crippen LogP contribution in [0.5, 0.6) is 0 Å². The predicted molar refractivity (Wildman–Crippen MR) is 42.9 cm³/mol. The summed E-state index contributed by atoms with van der Waals surface area (Å²) in [6, 6.07) is 1.79. The number of hydrogen-bond acceptors (Lipinski definition) is 1. The van der Waals surface area contributed by atoms with Crippen molar-refractivity contribution in [1.82, 2.24) is 0 Å². The molecule has 3 heteroatoms. The second-order valence-corrected chi connectivity index (χ2v) is 3.00. The van der Waals surface area contributed by atoms with E-state index in [0.717, 1.165) is 13.9 Å². The van der Waals surface area contributed by atoms with Gasteiger partial charge in [0.15, 0.2) is 12.4 Å². The van der Waals surface area contributed by atoms with Crippen molar-refractivity contribution in [2.75, 3.05) is 0 Å². The quantitative estimate of drug-likeness (QED) is 0.377. The summed E-state index contributed by atoms with van der Waals surface area (Å²) in [6.45, 7) is 1.91. The number of rotatable bonds is 0.